The maximum Gasteiger partial charge on any atom is 0.123 e. The predicted molar refractivity (Wildman–Crippen MR) is 70.0 cm³/mol. The van der Waals surface area contributed by atoms with Crippen molar-refractivity contribution >= 4 is 0 Å². The summed E-state index contributed by atoms with van der Waals surface area (Å²) in [6, 6.07) is 2.37. The largest absolute Gasteiger partial charge is 0.339 e. The van der Waals surface area contributed by atoms with Crippen molar-refractivity contribution in [1.82, 2.24) is 25.1 Å². The van der Waals surface area contributed by atoms with Crippen LogP contribution in [0.4, 0.5) is 0 Å². The lowest BCUT2D eigenvalue weighted by Crippen LogP contribution is -2.21. The summed E-state index contributed by atoms with van der Waals surface area (Å²) in [6.07, 6.45) is 8.74. The summed E-state index contributed by atoms with van der Waals surface area (Å²) >= 11 is 0. The van der Waals surface area contributed by atoms with Crippen molar-refractivity contribution in [3.63, 3.8) is 0 Å². The summed E-state index contributed by atoms with van der Waals surface area (Å²) in [5.41, 5.74) is 2.11. The van der Waals surface area contributed by atoms with Gasteiger partial charge >= 0.3 is 0 Å². The maximum atomic E-state index is 4.52. The van der Waals surface area contributed by atoms with Crippen LogP contribution >= 0.6 is 0 Å². The van der Waals surface area contributed by atoms with Gasteiger partial charge in [-0.2, -0.15) is 5.10 Å². The second-order valence-corrected chi connectivity index (χ2v) is 4.88. The van der Waals surface area contributed by atoms with E-state index in [1.54, 1.807) is 6.20 Å². The first-order chi connectivity index (χ1) is 8.84. The number of imidazole rings is 1. The molecule has 2 aromatic heterocycles. The van der Waals surface area contributed by atoms with Gasteiger partial charge in [-0.1, -0.05) is 12.8 Å². The highest BCUT2D eigenvalue weighted by Gasteiger charge is 2.17. The Kier molecular flexibility index (Phi) is 3.15. The number of nitrogens with one attached hydrogen (secondary N) is 2. The van der Waals surface area contributed by atoms with Crippen LogP contribution in [-0.2, 0) is 7.05 Å². The number of aromatic nitrogens is 4. The van der Waals surface area contributed by atoms with E-state index >= 15 is 0 Å². The molecule has 5 heteroatoms. The van der Waals surface area contributed by atoms with Gasteiger partial charge in [0.15, 0.2) is 0 Å². The average molecular weight is 245 g/mol. The quantitative estimate of drug-likeness (QED) is 0.851. The van der Waals surface area contributed by atoms with Crippen molar-refractivity contribution < 1.29 is 0 Å². The summed E-state index contributed by atoms with van der Waals surface area (Å²) in [4.78, 5) is 7.94. The fraction of sp³-hybridized carbons (Fsp3) is 0.538. The highest BCUT2D eigenvalue weighted by molar-refractivity contribution is 5.53. The molecule has 0 aromatic carbocycles. The summed E-state index contributed by atoms with van der Waals surface area (Å²) in [7, 11) is 1.94. The number of rotatable bonds is 2. The van der Waals surface area contributed by atoms with Crippen LogP contribution in [-0.4, -0.2) is 26.3 Å². The topological polar surface area (TPSA) is 58.5 Å². The molecular formula is C13H19N5. The van der Waals surface area contributed by atoms with Crippen molar-refractivity contribution in [3.8, 4) is 11.4 Å². The lowest BCUT2D eigenvalue weighted by atomic mass is 10.1. The van der Waals surface area contributed by atoms with Crippen LogP contribution in [0.5, 0.6) is 0 Å². The molecule has 0 saturated carbocycles. The van der Waals surface area contributed by atoms with Crippen LogP contribution in [0.25, 0.3) is 11.4 Å². The fourth-order valence-electron chi connectivity index (χ4n) is 2.54. The van der Waals surface area contributed by atoms with Gasteiger partial charge in [0.2, 0.25) is 0 Å². The van der Waals surface area contributed by atoms with E-state index in [1.807, 2.05) is 24.0 Å². The van der Waals surface area contributed by atoms with E-state index in [0.717, 1.165) is 23.8 Å². The SMILES string of the molecule is Cn1nccc1-c1cnc(C2CCCCCN2)[nH]1. The zero-order valence-corrected chi connectivity index (χ0v) is 10.7. The normalized spacial score (nSPS) is 20.8. The monoisotopic (exact) mass is 245 g/mol. The number of H-pyrrole nitrogens is 1. The Morgan fingerprint density at radius 3 is 3.11 bits per heavy atom. The van der Waals surface area contributed by atoms with Gasteiger partial charge in [-0.15, -0.1) is 0 Å². The van der Waals surface area contributed by atoms with E-state index in [-0.39, 0.29) is 0 Å². The highest BCUT2D eigenvalue weighted by Crippen LogP contribution is 2.23. The molecule has 2 aromatic rings. The van der Waals surface area contributed by atoms with Gasteiger partial charge < -0.3 is 10.3 Å². The van der Waals surface area contributed by atoms with Crippen molar-refractivity contribution in [2.45, 2.75) is 31.7 Å². The molecule has 1 unspecified atom stereocenters. The van der Waals surface area contributed by atoms with E-state index in [1.165, 1.54) is 25.7 Å². The van der Waals surface area contributed by atoms with Crippen molar-refractivity contribution in [3.05, 3.63) is 24.3 Å². The molecular weight excluding hydrogens is 226 g/mol. The summed E-state index contributed by atoms with van der Waals surface area (Å²) in [5.74, 6) is 1.05. The molecule has 18 heavy (non-hydrogen) atoms. The van der Waals surface area contributed by atoms with E-state index in [9.17, 15) is 0 Å². The second-order valence-electron chi connectivity index (χ2n) is 4.88. The van der Waals surface area contributed by atoms with Crippen LogP contribution in [0, 0.1) is 0 Å². The minimum Gasteiger partial charge on any atom is -0.339 e. The molecule has 0 bridgehead atoms. The Balaban J connectivity index is 1.82. The molecule has 5 nitrogen and oxygen atoms in total. The third kappa shape index (κ3) is 2.18. The Bertz CT molecular complexity index is 505. The molecule has 0 aliphatic carbocycles. The Morgan fingerprint density at radius 2 is 2.28 bits per heavy atom. The summed E-state index contributed by atoms with van der Waals surface area (Å²) < 4.78 is 1.86. The number of hydrogen-bond acceptors (Lipinski definition) is 3. The van der Waals surface area contributed by atoms with Crippen LogP contribution in [0.1, 0.15) is 37.5 Å². The molecule has 3 heterocycles. The molecule has 96 valence electrons. The van der Waals surface area contributed by atoms with E-state index in [4.69, 9.17) is 0 Å². The van der Waals surface area contributed by atoms with Crippen LogP contribution in [0.3, 0.4) is 0 Å². The third-order valence-electron chi connectivity index (χ3n) is 3.58. The fourth-order valence-corrected chi connectivity index (χ4v) is 2.54. The molecule has 1 atom stereocenters. The van der Waals surface area contributed by atoms with Crippen LogP contribution in [0.15, 0.2) is 18.5 Å². The maximum absolute atomic E-state index is 4.52. The standard InChI is InChI=1S/C13H19N5/c1-18-12(6-8-16-18)11-9-15-13(17-11)10-5-3-2-4-7-14-10/h6,8-10,14H,2-5,7H2,1H3,(H,15,17). The second kappa shape index (κ2) is 4.94. The van der Waals surface area contributed by atoms with Gasteiger partial charge in [0.25, 0.3) is 0 Å². The van der Waals surface area contributed by atoms with Gasteiger partial charge in [0, 0.05) is 13.2 Å². The zero-order valence-electron chi connectivity index (χ0n) is 10.7. The minimum absolute atomic E-state index is 0.370. The smallest absolute Gasteiger partial charge is 0.123 e. The first-order valence-electron chi connectivity index (χ1n) is 6.61. The molecule has 0 radical (unpaired) electrons. The van der Waals surface area contributed by atoms with E-state index in [2.05, 4.69) is 20.4 Å². The van der Waals surface area contributed by atoms with Crippen LogP contribution in [0.2, 0.25) is 0 Å². The Hall–Kier alpha value is -1.62. The lowest BCUT2D eigenvalue weighted by Gasteiger charge is -2.12. The van der Waals surface area contributed by atoms with Crippen LogP contribution < -0.4 is 5.32 Å². The zero-order chi connectivity index (χ0) is 12.4. The Labute approximate surface area is 107 Å². The first kappa shape index (κ1) is 11.5. The van der Waals surface area contributed by atoms with Gasteiger partial charge in [0.05, 0.1) is 23.6 Å². The number of aryl methyl sites for hydroxylation is 1. The number of aromatic amines is 1. The molecule has 1 aliphatic heterocycles. The average Bonchev–Trinajstić information content (AvgIpc) is 2.91. The van der Waals surface area contributed by atoms with Crippen molar-refractivity contribution in [1.29, 1.82) is 0 Å². The van der Waals surface area contributed by atoms with Gasteiger partial charge in [-0.3, -0.25) is 4.68 Å². The molecule has 1 fully saturated rings. The van der Waals surface area contributed by atoms with Gasteiger partial charge in [0.1, 0.15) is 5.82 Å². The molecule has 0 amide bonds. The number of hydrogen-bond donors (Lipinski definition) is 2. The molecule has 0 spiro atoms. The van der Waals surface area contributed by atoms with Crippen molar-refractivity contribution in [2.75, 3.05) is 6.54 Å². The molecule has 3 rings (SSSR count). The molecule has 2 N–H and O–H groups in total. The molecule has 1 saturated heterocycles. The van der Waals surface area contributed by atoms with Gasteiger partial charge in [-0.05, 0) is 25.5 Å². The predicted octanol–water partition coefficient (Wildman–Crippen LogP) is 2.01. The lowest BCUT2D eigenvalue weighted by molar-refractivity contribution is 0.512. The van der Waals surface area contributed by atoms with Crippen molar-refractivity contribution in [2.24, 2.45) is 7.05 Å². The summed E-state index contributed by atoms with van der Waals surface area (Å²) in [6.45, 7) is 1.09. The van der Waals surface area contributed by atoms with E-state index in [0.29, 0.717) is 6.04 Å². The highest BCUT2D eigenvalue weighted by atomic mass is 15.3. The third-order valence-corrected chi connectivity index (χ3v) is 3.58. The number of nitrogens with zero attached hydrogens (tertiary/aromatic N) is 3. The van der Waals surface area contributed by atoms with Gasteiger partial charge in [-0.25, -0.2) is 4.98 Å². The van der Waals surface area contributed by atoms with E-state index < -0.39 is 0 Å². The Morgan fingerprint density at radius 1 is 1.33 bits per heavy atom. The summed E-state index contributed by atoms with van der Waals surface area (Å²) in [5, 5.41) is 7.74. The minimum atomic E-state index is 0.370. The molecule has 1 aliphatic rings. The first-order valence-corrected chi connectivity index (χ1v) is 6.61.